The molecule has 6 aromatic rings. The second-order valence-corrected chi connectivity index (χ2v) is 24.1. The Hall–Kier alpha value is -6.32. The van der Waals surface area contributed by atoms with Crippen molar-refractivity contribution in [2.75, 3.05) is 9.80 Å². The number of hydrogen-bond donors (Lipinski definition) is 0. The number of hydrogen-bond acceptors (Lipinski definition) is 6. The highest BCUT2D eigenvalue weighted by molar-refractivity contribution is 7.99. The van der Waals surface area contributed by atoms with Crippen molar-refractivity contribution in [3.8, 4) is 24.7 Å². The molecule has 0 saturated carbocycles. The highest BCUT2D eigenvalue weighted by Crippen LogP contribution is 2.48. The van der Waals surface area contributed by atoms with Gasteiger partial charge < -0.3 is 0 Å². The van der Waals surface area contributed by atoms with E-state index in [0.29, 0.717) is 54.6 Å². The van der Waals surface area contributed by atoms with Crippen LogP contribution >= 0.6 is 23.5 Å². The van der Waals surface area contributed by atoms with E-state index in [1.165, 1.54) is 55.6 Å². The standard InChI is InChI=1S/C60H58N2O4S2/c1-15-35-17-21-43(22-18-35)61-53(63)45-31-48(68-34-38-27-41(59(9,10)11)30-42(28-38)60(12,13)14)52-50-46(54(64)62(56(52)66)44-23-19-36(16-2)20-24-44)32-47(51(49(45)50)55(61)65)67-33-37-25-39(57(3,4)5)29-40(26-37)58(6,7)8/h1-2,17-32H,33-34H2,3-14H3. The minimum Gasteiger partial charge on any atom is -0.268 e. The summed E-state index contributed by atoms with van der Waals surface area (Å²) in [7, 11) is 0. The summed E-state index contributed by atoms with van der Waals surface area (Å²) in [5.41, 5.74) is 9.31. The highest BCUT2D eigenvalue weighted by Gasteiger charge is 2.44. The SMILES string of the molecule is C#Cc1ccc(N2C(=O)c3cc(SCc4cc(C(C)(C)C)cc(C(C)(C)C)c4)c4c5c(cc(SCc6cc(C(C)(C)C)cc(C(C)(C)C)c6)c(c35)C2=O)C(=O)N(c2ccc(C#C)cc2)C4=O)cc1. The summed E-state index contributed by atoms with van der Waals surface area (Å²) in [5, 5.41) is 0.617. The molecule has 0 fully saturated rings. The Morgan fingerprint density at radius 3 is 0.985 bits per heavy atom. The molecule has 2 aliphatic rings. The average molecular weight is 935 g/mol. The molecule has 0 unspecified atom stereocenters. The molecule has 0 saturated heterocycles. The van der Waals surface area contributed by atoms with Gasteiger partial charge in [0.25, 0.3) is 23.6 Å². The molecule has 2 heterocycles. The monoisotopic (exact) mass is 934 g/mol. The summed E-state index contributed by atoms with van der Waals surface area (Å²) in [6.45, 7) is 26.3. The van der Waals surface area contributed by atoms with Crippen molar-refractivity contribution in [2.45, 2.75) is 126 Å². The van der Waals surface area contributed by atoms with E-state index in [-0.39, 0.29) is 43.9 Å². The predicted molar refractivity (Wildman–Crippen MR) is 282 cm³/mol. The molecule has 0 atom stereocenters. The topological polar surface area (TPSA) is 74.8 Å². The van der Waals surface area contributed by atoms with Gasteiger partial charge >= 0.3 is 0 Å². The molecule has 8 rings (SSSR count). The van der Waals surface area contributed by atoms with E-state index < -0.39 is 23.6 Å². The number of imide groups is 2. The van der Waals surface area contributed by atoms with Gasteiger partial charge in [0, 0.05) is 43.2 Å². The largest absolute Gasteiger partial charge is 0.268 e. The van der Waals surface area contributed by atoms with Crippen molar-refractivity contribution < 1.29 is 19.2 Å². The number of anilines is 2. The number of thioether (sulfide) groups is 2. The lowest BCUT2D eigenvalue weighted by Gasteiger charge is -2.34. The molecule has 4 amide bonds. The number of rotatable bonds is 8. The van der Waals surface area contributed by atoms with Gasteiger partial charge in [0.05, 0.1) is 33.6 Å². The van der Waals surface area contributed by atoms with Crippen LogP contribution in [0.1, 0.15) is 169 Å². The summed E-state index contributed by atoms with van der Waals surface area (Å²) in [4.78, 5) is 64.3. The van der Waals surface area contributed by atoms with Gasteiger partial charge in [-0.25, -0.2) is 9.80 Å². The maximum atomic E-state index is 15.3. The second kappa shape index (κ2) is 17.3. The summed E-state index contributed by atoms with van der Waals surface area (Å²) in [5.74, 6) is 3.98. The van der Waals surface area contributed by atoms with E-state index in [0.717, 1.165) is 11.1 Å². The third kappa shape index (κ3) is 8.93. The third-order valence-electron chi connectivity index (χ3n) is 12.9. The lowest BCUT2D eigenvalue weighted by atomic mass is 9.80. The predicted octanol–water partition coefficient (Wildman–Crippen LogP) is 14.2. The van der Waals surface area contributed by atoms with Crippen LogP contribution in [-0.2, 0) is 33.2 Å². The van der Waals surface area contributed by atoms with E-state index in [9.17, 15) is 0 Å². The van der Waals surface area contributed by atoms with Crippen LogP contribution in [0.5, 0.6) is 0 Å². The number of carbonyl (C=O) groups excluding carboxylic acids is 4. The van der Waals surface area contributed by atoms with Crippen LogP contribution in [0.2, 0.25) is 0 Å². The number of carbonyl (C=O) groups is 4. The molecule has 8 heteroatoms. The number of nitrogens with zero attached hydrogens (tertiary/aromatic N) is 2. The van der Waals surface area contributed by atoms with Gasteiger partial charge in [-0.1, -0.05) is 131 Å². The van der Waals surface area contributed by atoms with Crippen molar-refractivity contribution in [1.29, 1.82) is 0 Å². The molecule has 344 valence electrons. The first kappa shape index (κ1) is 48.1. The van der Waals surface area contributed by atoms with Crippen molar-refractivity contribution in [3.05, 3.63) is 164 Å². The molecule has 0 spiro atoms. The maximum Gasteiger partial charge on any atom is 0.267 e. The van der Waals surface area contributed by atoms with Crippen molar-refractivity contribution in [2.24, 2.45) is 0 Å². The molecule has 2 aliphatic heterocycles. The van der Waals surface area contributed by atoms with Gasteiger partial charge in [-0.3, -0.25) is 19.2 Å². The Morgan fingerprint density at radius 1 is 0.426 bits per heavy atom. The minimum atomic E-state index is -0.554. The van der Waals surface area contributed by atoms with E-state index in [1.807, 2.05) is 0 Å². The van der Waals surface area contributed by atoms with Crippen LogP contribution in [0.15, 0.2) is 107 Å². The van der Waals surface area contributed by atoms with Crippen LogP contribution in [0.25, 0.3) is 10.8 Å². The van der Waals surface area contributed by atoms with Crippen molar-refractivity contribution >= 4 is 69.3 Å². The van der Waals surface area contributed by atoms with E-state index >= 15 is 19.2 Å². The summed E-state index contributed by atoms with van der Waals surface area (Å²) < 4.78 is 0. The zero-order valence-corrected chi connectivity index (χ0v) is 42.8. The van der Waals surface area contributed by atoms with Gasteiger partial charge in [-0.2, -0.15) is 0 Å². The van der Waals surface area contributed by atoms with Crippen LogP contribution in [-0.4, -0.2) is 23.6 Å². The lowest BCUT2D eigenvalue weighted by molar-refractivity contribution is 0.0870. The van der Waals surface area contributed by atoms with Gasteiger partial charge in [-0.15, -0.1) is 36.4 Å². The minimum absolute atomic E-state index is 0.127. The molecule has 6 aromatic carbocycles. The second-order valence-electron chi connectivity index (χ2n) is 22.0. The first-order chi connectivity index (χ1) is 31.8. The Labute approximate surface area is 410 Å². The first-order valence-electron chi connectivity index (χ1n) is 22.9. The fourth-order valence-electron chi connectivity index (χ4n) is 8.71. The first-order valence-corrected chi connectivity index (χ1v) is 24.9. The van der Waals surface area contributed by atoms with Crippen molar-refractivity contribution in [1.82, 2.24) is 0 Å². The summed E-state index contributed by atoms with van der Waals surface area (Å²) in [6.07, 6.45) is 11.4. The number of benzene rings is 6. The summed E-state index contributed by atoms with van der Waals surface area (Å²) >= 11 is 2.89. The molecule has 0 bridgehead atoms. The third-order valence-corrected chi connectivity index (χ3v) is 15.1. The van der Waals surface area contributed by atoms with Gasteiger partial charge in [0.2, 0.25) is 0 Å². The van der Waals surface area contributed by atoms with Crippen LogP contribution in [0, 0.1) is 24.7 Å². The Balaban J connectivity index is 1.38. The molecule has 6 nitrogen and oxygen atoms in total. The zero-order valence-electron chi connectivity index (χ0n) is 41.2. The molecule has 68 heavy (non-hydrogen) atoms. The average Bonchev–Trinajstić information content (AvgIpc) is 3.27. The van der Waals surface area contributed by atoms with Crippen LogP contribution < -0.4 is 9.80 Å². The van der Waals surface area contributed by atoms with E-state index in [1.54, 1.807) is 60.7 Å². The quantitative estimate of drug-likeness (QED) is 0.0860. The Morgan fingerprint density at radius 2 is 0.721 bits per heavy atom. The highest BCUT2D eigenvalue weighted by atomic mass is 32.2. The Kier molecular flexibility index (Phi) is 12.3. The van der Waals surface area contributed by atoms with E-state index in [2.05, 4.69) is 131 Å². The molecule has 0 radical (unpaired) electrons. The molecule has 0 aromatic heterocycles. The van der Waals surface area contributed by atoms with Gasteiger partial charge in [0.15, 0.2) is 0 Å². The van der Waals surface area contributed by atoms with E-state index in [4.69, 9.17) is 12.8 Å². The number of amides is 4. The number of terminal acetylenes is 2. The fraction of sp³-hybridized carbons (Fsp3) is 0.300. The fourth-order valence-corrected chi connectivity index (χ4v) is 10.8. The van der Waals surface area contributed by atoms with Crippen LogP contribution in [0.3, 0.4) is 0 Å². The lowest BCUT2D eigenvalue weighted by Crippen LogP contribution is -2.44. The molecular formula is C60H58N2O4S2. The maximum absolute atomic E-state index is 15.3. The normalized spacial score (nSPS) is 14.1. The molecular weight excluding hydrogens is 877 g/mol. The smallest absolute Gasteiger partial charge is 0.267 e. The zero-order chi connectivity index (χ0) is 49.4. The Bertz CT molecular complexity index is 2910. The van der Waals surface area contributed by atoms with Crippen LogP contribution in [0.4, 0.5) is 11.4 Å². The van der Waals surface area contributed by atoms with Gasteiger partial charge in [-0.05, 0) is 116 Å². The van der Waals surface area contributed by atoms with Crippen molar-refractivity contribution in [3.63, 3.8) is 0 Å². The molecule has 0 aliphatic carbocycles. The summed E-state index contributed by atoms with van der Waals surface area (Å²) in [6, 6.07) is 30.4. The molecule has 0 N–H and O–H groups in total. The van der Waals surface area contributed by atoms with Gasteiger partial charge in [0.1, 0.15) is 0 Å².